The van der Waals surface area contributed by atoms with E-state index < -0.39 is 5.97 Å². The molecular formula is C15H22O3. The van der Waals surface area contributed by atoms with Gasteiger partial charge in [-0.1, -0.05) is 39.0 Å². The molecule has 0 aliphatic heterocycles. The fourth-order valence-corrected chi connectivity index (χ4v) is 1.88. The third-order valence-corrected chi connectivity index (χ3v) is 2.93. The lowest BCUT2D eigenvalue weighted by atomic mass is 10.0. The number of hydrogen-bond donors (Lipinski definition) is 1. The fourth-order valence-electron chi connectivity index (χ4n) is 1.88. The third kappa shape index (κ3) is 5.71. The first-order valence-electron chi connectivity index (χ1n) is 6.71. The van der Waals surface area contributed by atoms with Gasteiger partial charge >= 0.3 is 5.97 Å². The highest BCUT2D eigenvalue weighted by atomic mass is 16.4. The number of aliphatic carboxylic acids is 1. The van der Waals surface area contributed by atoms with Gasteiger partial charge in [0.25, 0.3) is 0 Å². The first-order chi connectivity index (χ1) is 8.74. The van der Waals surface area contributed by atoms with Crippen LogP contribution in [-0.4, -0.2) is 11.1 Å². The Bertz CT molecular complexity index is 363. The van der Waals surface area contributed by atoms with E-state index in [0.29, 0.717) is 17.8 Å². The molecule has 100 valence electrons. The first-order valence-corrected chi connectivity index (χ1v) is 6.71. The third-order valence-electron chi connectivity index (χ3n) is 2.93. The van der Waals surface area contributed by atoms with Gasteiger partial charge in [-0.2, -0.15) is 0 Å². The zero-order valence-corrected chi connectivity index (χ0v) is 11.0. The molecule has 0 unspecified atom stereocenters. The molecule has 0 aromatic carbocycles. The average molecular weight is 250 g/mol. The second-order valence-corrected chi connectivity index (χ2v) is 4.51. The molecular weight excluding hydrogens is 228 g/mol. The van der Waals surface area contributed by atoms with E-state index in [0.717, 1.165) is 12.8 Å². The van der Waals surface area contributed by atoms with E-state index in [1.54, 1.807) is 24.5 Å². The predicted molar refractivity (Wildman–Crippen MR) is 72.3 cm³/mol. The summed E-state index contributed by atoms with van der Waals surface area (Å²) < 4.78 is 5.13. The monoisotopic (exact) mass is 250 g/mol. The number of rotatable bonds is 9. The molecule has 0 aliphatic rings. The van der Waals surface area contributed by atoms with Crippen molar-refractivity contribution in [3.63, 3.8) is 0 Å². The molecule has 1 rings (SSSR count). The van der Waals surface area contributed by atoms with Crippen molar-refractivity contribution in [3.8, 4) is 0 Å². The first kappa shape index (κ1) is 14.6. The maximum atomic E-state index is 11.1. The zero-order chi connectivity index (χ0) is 13.2. The maximum absolute atomic E-state index is 11.1. The minimum atomic E-state index is -0.847. The molecule has 0 aliphatic carbocycles. The lowest BCUT2D eigenvalue weighted by molar-refractivity contribution is -0.132. The van der Waals surface area contributed by atoms with Gasteiger partial charge in [-0.25, -0.2) is 4.79 Å². The number of carboxylic acid groups (broad SMARTS) is 1. The second-order valence-electron chi connectivity index (χ2n) is 4.51. The fraction of sp³-hybridized carbons (Fsp3) is 0.533. The summed E-state index contributed by atoms with van der Waals surface area (Å²) in [6, 6.07) is 3.53. The Morgan fingerprint density at radius 1 is 1.28 bits per heavy atom. The predicted octanol–water partition coefficient (Wildman–Crippen LogP) is 4.50. The van der Waals surface area contributed by atoms with Crippen molar-refractivity contribution in [1.29, 1.82) is 0 Å². The van der Waals surface area contributed by atoms with Gasteiger partial charge < -0.3 is 9.52 Å². The van der Waals surface area contributed by atoms with Crippen molar-refractivity contribution < 1.29 is 14.3 Å². The summed E-state index contributed by atoms with van der Waals surface area (Å²) in [6.07, 6.45) is 10.8. The number of unbranched alkanes of at least 4 members (excludes halogenated alkanes) is 5. The lowest BCUT2D eigenvalue weighted by Gasteiger charge is -2.02. The second kappa shape index (κ2) is 8.56. The van der Waals surface area contributed by atoms with Gasteiger partial charge in [0.15, 0.2) is 0 Å². The van der Waals surface area contributed by atoms with Crippen molar-refractivity contribution in [3.05, 3.63) is 29.7 Å². The molecule has 0 amide bonds. The summed E-state index contributed by atoms with van der Waals surface area (Å²) in [6.45, 7) is 2.19. The molecule has 0 atom stereocenters. The van der Waals surface area contributed by atoms with Crippen LogP contribution in [0, 0.1) is 0 Å². The number of furan rings is 1. The Morgan fingerprint density at radius 2 is 2.00 bits per heavy atom. The quantitative estimate of drug-likeness (QED) is 0.518. The van der Waals surface area contributed by atoms with E-state index in [4.69, 9.17) is 9.52 Å². The van der Waals surface area contributed by atoms with E-state index in [-0.39, 0.29) is 0 Å². The van der Waals surface area contributed by atoms with Crippen molar-refractivity contribution in [2.45, 2.75) is 51.9 Å². The van der Waals surface area contributed by atoms with E-state index in [2.05, 4.69) is 6.92 Å². The minimum Gasteiger partial charge on any atom is -0.478 e. The van der Waals surface area contributed by atoms with Crippen LogP contribution in [-0.2, 0) is 4.79 Å². The van der Waals surface area contributed by atoms with Crippen molar-refractivity contribution in [2.24, 2.45) is 0 Å². The molecule has 0 bridgehead atoms. The summed E-state index contributed by atoms with van der Waals surface area (Å²) in [7, 11) is 0. The highest BCUT2D eigenvalue weighted by molar-refractivity contribution is 5.91. The zero-order valence-electron chi connectivity index (χ0n) is 11.0. The van der Waals surface area contributed by atoms with Crippen molar-refractivity contribution in [1.82, 2.24) is 0 Å². The van der Waals surface area contributed by atoms with Gasteiger partial charge in [0, 0.05) is 5.57 Å². The van der Waals surface area contributed by atoms with Crippen LogP contribution in [0.15, 0.2) is 28.4 Å². The van der Waals surface area contributed by atoms with E-state index in [1.807, 2.05) is 0 Å². The summed E-state index contributed by atoms with van der Waals surface area (Å²) >= 11 is 0. The van der Waals surface area contributed by atoms with Crippen LogP contribution in [0.1, 0.15) is 57.6 Å². The van der Waals surface area contributed by atoms with E-state index in [9.17, 15) is 4.79 Å². The van der Waals surface area contributed by atoms with Crippen LogP contribution in [0.25, 0.3) is 6.08 Å². The van der Waals surface area contributed by atoms with Gasteiger partial charge in [0.2, 0.25) is 0 Å². The topological polar surface area (TPSA) is 50.4 Å². The lowest BCUT2D eigenvalue weighted by Crippen LogP contribution is -2.00. The summed E-state index contributed by atoms with van der Waals surface area (Å²) in [5, 5.41) is 9.10. The summed E-state index contributed by atoms with van der Waals surface area (Å²) in [5.41, 5.74) is 0.431. The van der Waals surface area contributed by atoms with Gasteiger partial charge in [-0.3, -0.25) is 0 Å². The maximum Gasteiger partial charge on any atom is 0.331 e. The Hall–Kier alpha value is -1.51. The van der Waals surface area contributed by atoms with Crippen LogP contribution in [0.3, 0.4) is 0 Å². The Kier molecular flexibility index (Phi) is 6.92. The molecule has 3 heteroatoms. The van der Waals surface area contributed by atoms with Crippen molar-refractivity contribution in [2.75, 3.05) is 0 Å². The minimum absolute atomic E-state index is 0.431. The number of hydrogen-bond acceptors (Lipinski definition) is 2. The van der Waals surface area contributed by atoms with E-state index >= 15 is 0 Å². The Labute approximate surface area is 109 Å². The summed E-state index contributed by atoms with van der Waals surface area (Å²) in [5.74, 6) is -0.238. The van der Waals surface area contributed by atoms with Crippen LogP contribution in [0.5, 0.6) is 0 Å². The molecule has 0 saturated carbocycles. The van der Waals surface area contributed by atoms with Crippen LogP contribution >= 0.6 is 0 Å². The smallest absolute Gasteiger partial charge is 0.331 e. The summed E-state index contributed by atoms with van der Waals surface area (Å²) in [4.78, 5) is 11.1. The molecule has 1 heterocycles. The SMILES string of the molecule is CCCCCCCC/C(=C\c1ccco1)C(=O)O. The molecule has 18 heavy (non-hydrogen) atoms. The molecule has 0 saturated heterocycles. The average Bonchev–Trinajstić information content (AvgIpc) is 2.84. The van der Waals surface area contributed by atoms with Crippen molar-refractivity contribution >= 4 is 12.0 Å². The van der Waals surface area contributed by atoms with Crippen LogP contribution < -0.4 is 0 Å². The molecule has 0 radical (unpaired) electrons. The molecule has 1 aromatic heterocycles. The van der Waals surface area contributed by atoms with E-state index in [1.165, 1.54) is 25.7 Å². The normalized spacial score (nSPS) is 11.7. The highest BCUT2D eigenvalue weighted by Gasteiger charge is 2.07. The Morgan fingerprint density at radius 3 is 2.61 bits per heavy atom. The van der Waals surface area contributed by atoms with Gasteiger partial charge in [-0.05, 0) is 31.1 Å². The standard InChI is InChI=1S/C15H22O3/c1-2-3-4-5-6-7-9-13(15(16)17)12-14-10-8-11-18-14/h8,10-12H,2-7,9H2,1H3,(H,16,17)/b13-12+. The van der Waals surface area contributed by atoms with Gasteiger partial charge in [-0.15, -0.1) is 0 Å². The molecule has 1 aromatic rings. The molecule has 1 N–H and O–H groups in total. The van der Waals surface area contributed by atoms with Crippen LogP contribution in [0.2, 0.25) is 0 Å². The van der Waals surface area contributed by atoms with Crippen LogP contribution in [0.4, 0.5) is 0 Å². The molecule has 0 spiro atoms. The highest BCUT2D eigenvalue weighted by Crippen LogP contribution is 2.15. The molecule has 0 fully saturated rings. The largest absolute Gasteiger partial charge is 0.478 e. The van der Waals surface area contributed by atoms with Gasteiger partial charge in [0.05, 0.1) is 6.26 Å². The number of carboxylic acids is 1. The molecule has 3 nitrogen and oxygen atoms in total. The Balaban J connectivity index is 2.33. The number of carbonyl (C=O) groups is 1. The van der Waals surface area contributed by atoms with Gasteiger partial charge in [0.1, 0.15) is 5.76 Å².